The van der Waals surface area contributed by atoms with E-state index in [2.05, 4.69) is 41.8 Å². The molecule has 0 unspecified atom stereocenters. The SMILES string of the molecule is CCCN(CCCN)c1nccn2nc(C(C)C)cc12. The van der Waals surface area contributed by atoms with Crippen LogP contribution in [0, 0.1) is 0 Å². The second-order valence-electron chi connectivity index (χ2n) is 5.43. The van der Waals surface area contributed by atoms with Gasteiger partial charge in [0.1, 0.15) is 5.52 Å². The third-order valence-corrected chi connectivity index (χ3v) is 3.41. The molecule has 0 fully saturated rings. The lowest BCUT2D eigenvalue weighted by atomic mass is 10.1. The fraction of sp³-hybridized carbons (Fsp3) is 0.600. The summed E-state index contributed by atoms with van der Waals surface area (Å²) in [4.78, 5) is 6.89. The quantitative estimate of drug-likeness (QED) is 0.843. The number of hydrogen-bond donors (Lipinski definition) is 1. The minimum absolute atomic E-state index is 0.423. The van der Waals surface area contributed by atoms with Crippen molar-refractivity contribution in [2.45, 2.75) is 39.5 Å². The summed E-state index contributed by atoms with van der Waals surface area (Å²) in [6.45, 7) is 9.15. The molecule has 5 nitrogen and oxygen atoms in total. The summed E-state index contributed by atoms with van der Waals surface area (Å²) < 4.78 is 1.93. The zero-order valence-electron chi connectivity index (χ0n) is 12.7. The van der Waals surface area contributed by atoms with E-state index < -0.39 is 0 Å². The Labute approximate surface area is 120 Å². The fourth-order valence-electron chi connectivity index (χ4n) is 2.33. The lowest BCUT2D eigenvalue weighted by molar-refractivity contribution is 0.710. The average molecular weight is 275 g/mol. The first kappa shape index (κ1) is 14.8. The lowest BCUT2D eigenvalue weighted by Gasteiger charge is -2.23. The number of anilines is 1. The molecule has 20 heavy (non-hydrogen) atoms. The molecule has 0 aliphatic heterocycles. The zero-order chi connectivity index (χ0) is 14.5. The standard InChI is InChI=1S/C15H25N5/c1-4-8-19(9-5-6-16)15-14-11-13(12(2)3)18-20(14)10-7-17-15/h7,10-12H,4-6,8-9,16H2,1-3H3. The van der Waals surface area contributed by atoms with Crippen LogP contribution in [-0.4, -0.2) is 34.2 Å². The molecule has 110 valence electrons. The molecule has 2 heterocycles. The van der Waals surface area contributed by atoms with Gasteiger partial charge in [0.05, 0.1) is 5.69 Å². The van der Waals surface area contributed by atoms with Crippen LogP contribution in [0.25, 0.3) is 5.52 Å². The first-order chi connectivity index (χ1) is 9.67. The summed E-state index contributed by atoms with van der Waals surface area (Å²) in [5.74, 6) is 1.44. The molecule has 0 aliphatic rings. The van der Waals surface area contributed by atoms with Crippen molar-refractivity contribution in [2.75, 3.05) is 24.5 Å². The Morgan fingerprint density at radius 1 is 1.35 bits per heavy atom. The Bertz CT molecular complexity index is 546. The molecule has 0 radical (unpaired) electrons. The van der Waals surface area contributed by atoms with Crippen molar-refractivity contribution in [3.05, 3.63) is 24.2 Å². The highest BCUT2D eigenvalue weighted by Crippen LogP contribution is 2.23. The van der Waals surface area contributed by atoms with Crippen molar-refractivity contribution >= 4 is 11.3 Å². The van der Waals surface area contributed by atoms with E-state index in [4.69, 9.17) is 5.73 Å². The molecule has 0 atom stereocenters. The molecule has 2 N–H and O–H groups in total. The number of aromatic nitrogens is 3. The minimum Gasteiger partial charge on any atom is -0.355 e. The van der Waals surface area contributed by atoms with Gasteiger partial charge in [0.2, 0.25) is 0 Å². The number of nitrogens with two attached hydrogens (primary N) is 1. The van der Waals surface area contributed by atoms with Crippen LogP contribution < -0.4 is 10.6 Å². The average Bonchev–Trinajstić information content (AvgIpc) is 2.87. The highest BCUT2D eigenvalue weighted by atomic mass is 15.3. The van der Waals surface area contributed by atoms with Crippen LogP contribution in [-0.2, 0) is 0 Å². The number of fused-ring (bicyclic) bond motifs is 1. The van der Waals surface area contributed by atoms with E-state index in [9.17, 15) is 0 Å². The van der Waals surface area contributed by atoms with Gasteiger partial charge in [0, 0.05) is 25.5 Å². The van der Waals surface area contributed by atoms with E-state index in [1.165, 1.54) is 0 Å². The summed E-state index contributed by atoms with van der Waals surface area (Å²) in [6.07, 6.45) is 5.81. The lowest BCUT2D eigenvalue weighted by Crippen LogP contribution is -2.28. The van der Waals surface area contributed by atoms with Crippen molar-refractivity contribution in [1.29, 1.82) is 0 Å². The highest BCUT2D eigenvalue weighted by Gasteiger charge is 2.14. The summed E-state index contributed by atoms with van der Waals surface area (Å²) in [6, 6.07) is 2.15. The Hall–Kier alpha value is -1.62. The van der Waals surface area contributed by atoms with Gasteiger partial charge in [0.25, 0.3) is 0 Å². The molecule has 0 aliphatic carbocycles. The predicted octanol–water partition coefficient (Wildman–Crippen LogP) is 2.42. The highest BCUT2D eigenvalue weighted by molar-refractivity contribution is 5.69. The van der Waals surface area contributed by atoms with Gasteiger partial charge in [0.15, 0.2) is 5.82 Å². The molecule has 2 aromatic rings. The van der Waals surface area contributed by atoms with Crippen LogP contribution in [0.5, 0.6) is 0 Å². The van der Waals surface area contributed by atoms with Crippen molar-refractivity contribution < 1.29 is 0 Å². The van der Waals surface area contributed by atoms with Crippen LogP contribution >= 0.6 is 0 Å². The fourth-order valence-corrected chi connectivity index (χ4v) is 2.33. The Balaban J connectivity index is 2.39. The van der Waals surface area contributed by atoms with E-state index >= 15 is 0 Å². The van der Waals surface area contributed by atoms with E-state index in [0.29, 0.717) is 12.5 Å². The summed E-state index contributed by atoms with van der Waals surface area (Å²) >= 11 is 0. The first-order valence-electron chi connectivity index (χ1n) is 7.46. The van der Waals surface area contributed by atoms with Crippen molar-refractivity contribution in [1.82, 2.24) is 14.6 Å². The van der Waals surface area contributed by atoms with Crippen LogP contribution in [0.4, 0.5) is 5.82 Å². The summed E-state index contributed by atoms with van der Waals surface area (Å²) in [7, 11) is 0. The van der Waals surface area contributed by atoms with Crippen molar-refractivity contribution in [3.63, 3.8) is 0 Å². The van der Waals surface area contributed by atoms with E-state index in [1.807, 2.05) is 16.9 Å². The van der Waals surface area contributed by atoms with Crippen LogP contribution in [0.1, 0.15) is 45.2 Å². The third-order valence-electron chi connectivity index (χ3n) is 3.41. The number of nitrogens with zero attached hydrogens (tertiary/aromatic N) is 4. The predicted molar refractivity (Wildman–Crippen MR) is 83.3 cm³/mol. The van der Waals surface area contributed by atoms with Crippen LogP contribution in [0.3, 0.4) is 0 Å². The van der Waals surface area contributed by atoms with Crippen molar-refractivity contribution in [2.24, 2.45) is 5.73 Å². The number of hydrogen-bond acceptors (Lipinski definition) is 4. The zero-order valence-corrected chi connectivity index (χ0v) is 12.7. The van der Waals surface area contributed by atoms with E-state index in [-0.39, 0.29) is 0 Å². The van der Waals surface area contributed by atoms with Gasteiger partial charge in [-0.3, -0.25) is 0 Å². The molecular formula is C15H25N5. The third kappa shape index (κ3) is 3.10. The smallest absolute Gasteiger partial charge is 0.154 e. The van der Waals surface area contributed by atoms with Gasteiger partial charge in [-0.05, 0) is 31.4 Å². The molecule has 0 saturated heterocycles. The molecule has 0 amide bonds. The van der Waals surface area contributed by atoms with Crippen LogP contribution in [0.2, 0.25) is 0 Å². The molecule has 2 aromatic heterocycles. The topological polar surface area (TPSA) is 59.5 Å². The summed E-state index contributed by atoms with van der Waals surface area (Å²) in [5.41, 5.74) is 7.83. The normalized spacial score (nSPS) is 11.4. The maximum absolute atomic E-state index is 5.64. The van der Waals surface area contributed by atoms with Gasteiger partial charge in [-0.1, -0.05) is 20.8 Å². The minimum atomic E-state index is 0.423. The second-order valence-corrected chi connectivity index (χ2v) is 5.43. The molecule has 0 bridgehead atoms. The van der Waals surface area contributed by atoms with Gasteiger partial charge in [-0.15, -0.1) is 0 Å². The number of rotatable bonds is 7. The maximum Gasteiger partial charge on any atom is 0.154 e. The molecule has 0 saturated carbocycles. The Morgan fingerprint density at radius 2 is 2.15 bits per heavy atom. The molecular weight excluding hydrogens is 250 g/mol. The maximum atomic E-state index is 5.64. The largest absolute Gasteiger partial charge is 0.355 e. The molecule has 5 heteroatoms. The summed E-state index contributed by atoms with van der Waals surface area (Å²) in [5, 5.41) is 4.62. The Kier molecular flexibility index (Phi) is 4.95. The molecule has 0 spiro atoms. The van der Waals surface area contributed by atoms with E-state index in [1.54, 1.807) is 0 Å². The van der Waals surface area contributed by atoms with Crippen molar-refractivity contribution in [3.8, 4) is 0 Å². The molecule has 0 aromatic carbocycles. The van der Waals surface area contributed by atoms with Gasteiger partial charge >= 0.3 is 0 Å². The van der Waals surface area contributed by atoms with Gasteiger partial charge in [-0.2, -0.15) is 5.10 Å². The van der Waals surface area contributed by atoms with Crippen LogP contribution in [0.15, 0.2) is 18.5 Å². The van der Waals surface area contributed by atoms with Gasteiger partial charge in [-0.25, -0.2) is 9.50 Å². The first-order valence-corrected chi connectivity index (χ1v) is 7.46. The van der Waals surface area contributed by atoms with Gasteiger partial charge < -0.3 is 10.6 Å². The molecule has 2 rings (SSSR count). The second kappa shape index (κ2) is 6.70. The van der Waals surface area contributed by atoms with E-state index in [0.717, 1.165) is 43.0 Å². The Morgan fingerprint density at radius 3 is 2.80 bits per heavy atom. The monoisotopic (exact) mass is 275 g/mol.